The topological polar surface area (TPSA) is 92.8 Å². The molecule has 1 saturated heterocycles. The minimum absolute atomic E-state index is 0.0490. The van der Waals surface area contributed by atoms with Crippen molar-refractivity contribution in [2.75, 3.05) is 23.0 Å². The highest BCUT2D eigenvalue weighted by molar-refractivity contribution is 7.91. The van der Waals surface area contributed by atoms with E-state index in [-0.39, 0.29) is 11.5 Å². The lowest BCUT2D eigenvalue weighted by Gasteiger charge is -2.39. The molecule has 0 bridgehead atoms. The van der Waals surface area contributed by atoms with Crippen LogP contribution in [0.4, 0.5) is 5.69 Å². The van der Waals surface area contributed by atoms with Crippen molar-refractivity contribution in [3.05, 3.63) is 24.3 Å². The molecule has 2 aliphatic heterocycles. The van der Waals surface area contributed by atoms with E-state index in [9.17, 15) is 18.0 Å². The normalized spacial score (nSPS) is 28.2. The summed E-state index contributed by atoms with van der Waals surface area (Å²) in [5.41, 5.74) is -1.09. The summed E-state index contributed by atoms with van der Waals surface area (Å²) >= 11 is 0. The maximum atomic E-state index is 12.8. The Kier molecular flexibility index (Phi) is 4.03. The van der Waals surface area contributed by atoms with E-state index in [0.717, 1.165) is 0 Å². The highest BCUT2D eigenvalue weighted by Gasteiger charge is 2.51. The predicted octanol–water partition coefficient (Wildman–Crippen LogP) is 0.494. The van der Waals surface area contributed by atoms with Crippen LogP contribution >= 0.6 is 0 Å². The average molecular weight is 352 g/mol. The van der Waals surface area contributed by atoms with Crippen molar-refractivity contribution >= 4 is 27.3 Å². The molecule has 1 fully saturated rings. The first-order valence-electron chi connectivity index (χ1n) is 7.88. The van der Waals surface area contributed by atoms with Gasteiger partial charge in [0.15, 0.2) is 9.84 Å². The molecule has 24 heavy (non-hydrogen) atoms. The molecule has 0 aliphatic carbocycles. The molecule has 1 N–H and O–H groups in total. The number of rotatable bonds is 3. The highest BCUT2D eigenvalue weighted by Crippen LogP contribution is 2.37. The van der Waals surface area contributed by atoms with E-state index in [4.69, 9.17) is 4.74 Å². The number of carbonyl (C=O) groups is 2. The van der Waals surface area contributed by atoms with Gasteiger partial charge >= 0.3 is 0 Å². The van der Waals surface area contributed by atoms with Gasteiger partial charge < -0.3 is 15.0 Å². The van der Waals surface area contributed by atoms with Crippen molar-refractivity contribution in [3.63, 3.8) is 0 Å². The molecule has 3 rings (SSSR count). The third-order valence-corrected chi connectivity index (χ3v) is 6.21. The molecule has 2 atom stereocenters. The summed E-state index contributed by atoms with van der Waals surface area (Å²) in [6.07, 6.45) is 0.354. The summed E-state index contributed by atoms with van der Waals surface area (Å²) in [6.45, 7) is 3.65. The van der Waals surface area contributed by atoms with Crippen molar-refractivity contribution < 1.29 is 22.7 Å². The molecule has 1 aromatic rings. The molecule has 1 aromatic carbocycles. The Hall–Kier alpha value is -2.09. The minimum Gasteiger partial charge on any atom is -0.466 e. The smallest absolute Gasteiger partial charge is 0.280 e. The maximum Gasteiger partial charge on any atom is 0.280 e. The molecule has 8 heteroatoms. The van der Waals surface area contributed by atoms with Crippen molar-refractivity contribution in [1.29, 1.82) is 0 Å². The largest absolute Gasteiger partial charge is 0.466 e. The van der Waals surface area contributed by atoms with E-state index in [1.54, 1.807) is 24.3 Å². The summed E-state index contributed by atoms with van der Waals surface area (Å²) < 4.78 is 28.8. The standard InChI is InChI=1S/C16H20N2O5S/c1-3-18-12-6-4-5-7-13(12)23-16(2,15(18)20)14(19)17-11-8-9-24(21,22)10-11/h4-7,11H,3,8-10H2,1-2H3,(H,17,19). The van der Waals surface area contributed by atoms with E-state index in [0.29, 0.717) is 24.4 Å². The molecule has 2 unspecified atom stereocenters. The second kappa shape index (κ2) is 5.77. The Labute approximate surface area is 140 Å². The first-order chi connectivity index (χ1) is 11.3. The quantitative estimate of drug-likeness (QED) is 0.800. The summed E-state index contributed by atoms with van der Waals surface area (Å²) in [5, 5.41) is 2.66. The number of amides is 2. The van der Waals surface area contributed by atoms with Gasteiger partial charge in [-0.1, -0.05) is 12.1 Å². The van der Waals surface area contributed by atoms with Crippen LogP contribution in [0.5, 0.6) is 5.75 Å². The molecular weight excluding hydrogens is 332 g/mol. The Morgan fingerprint density at radius 2 is 2.12 bits per heavy atom. The zero-order valence-corrected chi connectivity index (χ0v) is 14.4. The second-order valence-electron chi connectivity index (χ2n) is 6.23. The number of anilines is 1. The van der Waals surface area contributed by atoms with Gasteiger partial charge in [-0.3, -0.25) is 9.59 Å². The number of fused-ring (bicyclic) bond motifs is 1. The van der Waals surface area contributed by atoms with Gasteiger partial charge in [-0.2, -0.15) is 0 Å². The van der Waals surface area contributed by atoms with Crippen molar-refractivity contribution in [3.8, 4) is 5.75 Å². The monoisotopic (exact) mass is 352 g/mol. The fourth-order valence-corrected chi connectivity index (χ4v) is 4.76. The van der Waals surface area contributed by atoms with Crippen LogP contribution in [0.2, 0.25) is 0 Å². The molecule has 2 amide bonds. The number of benzene rings is 1. The number of hydrogen-bond acceptors (Lipinski definition) is 5. The number of ether oxygens (including phenoxy) is 1. The lowest BCUT2D eigenvalue weighted by molar-refractivity contribution is -0.148. The van der Waals surface area contributed by atoms with E-state index in [2.05, 4.69) is 5.32 Å². The predicted molar refractivity (Wildman–Crippen MR) is 88.7 cm³/mol. The van der Waals surface area contributed by atoms with Crippen molar-refractivity contribution in [1.82, 2.24) is 5.32 Å². The average Bonchev–Trinajstić information content (AvgIpc) is 2.87. The van der Waals surface area contributed by atoms with E-state index < -0.39 is 33.3 Å². The fourth-order valence-electron chi connectivity index (χ4n) is 3.09. The van der Waals surface area contributed by atoms with E-state index >= 15 is 0 Å². The number of para-hydroxylation sites is 2. The van der Waals surface area contributed by atoms with Crippen LogP contribution in [0.1, 0.15) is 20.3 Å². The van der Waals surface area contributed by atoms with Crippen LogP contribution in [-0.4, -0.2) is 49.9 Å². The summed E-state index contributed by atoms with van der Waals surface area (Å²) in [6, 6.07) is 6.55. The second-order valence-corrected chi connectivity index (χ2v) is 8.45. The molecule has 7 nitrogen and oxygen atoms in total. The molecule has 0 radical (unpaired) electrons. The Balaban J connectivity index is 1.86. The van der Waals surface area contributed by atoms with Crippen molar-refractivity contribution in [2.45, 2.75) is 31.9 Å². The summed E-state index contributed by atoms with van der Waals surface area (Å²) in [5.74, 6) is -0.662. The molecule has 0 saturated carbocycles. The Bertz CT molecular complexity index is 791. The maximum absolute atomic E-state index is 12.8. The molecule has 2 aliphatic rings. The molecular formula is C16H20N2O5S. The molecule has 0 aromatic heterocycles. The van der Waals surface area contributed by atoms with E-state index in [1.807, 2.05) is 6.92 Å². The van der Waals surface area contributed by atoms with Crippen LogP contribution in [0.3, 0.4) is 0 Å². The molecule has 2 heterocycles. The van der Waals surface area contributed by atoms with Gasteiger partial charge in [0.2, 0.25) is 0 Å². The first kappa shape index (κ1) is 16.8. The summed E-state index contributed by atoms with van der Waals surface area (Å²) in [7, 11) is -3.12. The van der Waals surface area contributed by atoms with Gasteiger partial charge in [-0.25, -0.2) is 8.42 Å². The van der Waals surface area contributed by atoms with Crippen LogP contribution in [0.25, 0.3) is 0 Å². The SMILES string of the molecule is CCN1C(=O)C(C)(C(=O)NC2CCS(=O)(=O)C2)Oc2ccccc21. The Morgan fingerprint density at radius 1 is 1.42 bits per heavy atom. The van der Waals surface area contributed by atoms with Crippen LogP contribution in [-0.2, 0) is 19.4 Å². The minimum atomic E-state index is -3.12. The van der Waals surface area contributed by atoms with E-state index in [1.165, 1.54) is 11.8 Å². The zero-order chi connectivity index (χ0) is 17.5. The number of nitrogens with zero attached hydrogens (tertiary/aromatic N) is 1. The van der Waals surface area contributed by atoms with Gasteiger partial charge in [0, 0.05) is 12.6 Å². The number of nitrogens with one attached hydrogen (secondary N) is 1. The van der Waals surface area contributed by atoms with Crippen LogP contribution in [0.15, 0.2) is 24.3 Å². The number of carbonyl (C=O) groups excluding carboxylic acids is 2. The van der Waals surface area contributed by atoms with Gasteiger partial charge in [-0.05, 0) is 32.4 Å². The Morgan fingerprint density at radius 3 is 2.75 bits per heavy atom. The van der Waals surface area contributed by atoms with Gasteiger partial charge in [0.05, 0.1) is 17.2 Å². The van der Waals surface area contributed by atoms with Gasteiger partial charge in [0.1, 0.15) is 5.75 Å². The van der Waals surface area contributed by atoms with Gasteiger partial charge in [0.25, 0.3) is 17.4 Å². The first-order valence-corrected chi connectivity index (χ1v) is 9.70. The lowest BCUT2D eigenvalue weighted by atomic mass is 9.99. The third kappa shape index (κ3) is 2.75. The van der Waals surface area contributed by atoms with Crippen molar-refractivity contribution in [2.24, 2.45) is 0 Å². The molecule has 130 valence electrons. The zero-order valence-electron chi connectivity index (χ0n) is 13.6. The lowest BCUT2D eigenvalue weighted by Crippen LogP contribution is -2.63. The molecule has 0 spiro atoms. The highest BCUT2D eigenvalue weighted by atomic mass is 32.2. The number of likely N-dealkylation sites (N-methyl/N-ethyl adjacent to an activating group) is 1. The van der Waals surface area contributed by atoms with Crippen LogP contribution in [0, 0.1) is 0 Å². The number of sulfone groups is 1. The third-order valence-electron chi connectivity index (χ3n) is 4.44. The summed E-state index contributed by atoms with van der Waals surface area (Å²) in [4.78, 5) is 27.0. The fraction of sp³-hybridized carbons (Fsp3) is 0.500. The van der Waals surface area contributed by atoms with Gasteiger partial charge in [-0.15, -0.1) is 0 Å². The van der Waals surface area contributed by atoms with Crippen LogP contribution < -0.4 is 15.0 Å². The number of hydrogen-bond donors (Lipinski definition) is 1.